The van der Waals surface area contributed by atoms with Crippen molar-refractivity contribution < 1.29 is 95.2 Å². The minimum absolute atomic E-state index is 0.0446. The van der Waals surface area contributed by atoms with E-state index in [1.54, 1.807) is 109 Å². The Labute approximate surface area is 890 Å². The summed E-state index contributed by atoms with van der Waals surface area (Å²) in [6.45, 7) is 15.5. The smallest absolute Gasteiger partial charge is 0.497 e. The van der Waals surface area contributed by atoms with Crippen LogP contribution in [-0.2, 0) is 77.2 Å². The molecule has 0 heterocycles. The first-order chi connectivity index (χ1) is 73.0. The van der Waals surface area contributed by atoms with Crippen LogP contribution in [0, 0.1) is 5.82 Å². The number of rotatable bonds is 41. The molecule has 29 nitrogen and oxygen atoms in total. The van der Waals surface area contributed by atoms with Crippen molar-refractivity contribution in [1.29, 1.82) is 0 Å². The van der Waals surface area contributed by atoms with E-state index in [2.05, 4.69) is 73.8 Å². The van der Waals surface area contributed by atoms with Crippen molar-refractivity contribution in [1.82, 2.24) is 0 Å². The zero-order valence-corrected chi connectivity index (χ0v) is 89.7. The van der Waals surface area contributed by atoms with Gasteiger partial charge in [0.1, 0.15) is 17.3 Å². The van der Waals surface area contributed by atoms with Crippen molar-refractivity contribution in [3.05, 3.63) is 283 Å². The van der Waals surface area contributed by atoms with E-state index in [9.17, 15) is 47.9 Å². The van der Waals surface area contributed by atoms with Crippen molar-refractivity contribution in [2.45, 2.75) is 272 Å². The van der Waals surface area contributed by atoms with Gasteiger partial charge in [0.25, 0.3) is 0 Å². The molecule has 11 N–H and O–H groups in total. The molecule has 0 spiro atoms. The number of carbonyl (C=O) groups excluding carboxylic acids is 8. The predicted molar refractivity (Wildman–Crippen MR) is 594 cm³/mol. The fraction of sp³-hybridized carbons (Fsp3) is 0.429. The molecule has 0 saturated heterocycles. The summed E-state index contributed by atoms with van der Waals surface area (Å²) >= 11 is 3.33. The summed E-state index contributed by atoms with van der Waals surface area (Å²) in [4.78, 5) is 95.6. The van der Waals surface area contributed by atoms with Gasteiger partial charge in [0.05, 0.1) is 163 Å². The van der Waals surface area contributed by atoms with Crippen molar-refractivity contribution in [2.24, 2.45) is 0 Å². The molecule has 15 rings (SSSR count). The van der Waals surface area contributed by atoms with E-state index in [1.807, 2.05) is 127 Å². The van der Waals surface area contributed by atoms with Gasteiger partial charge >= 0.3 is 47.9 Å². The lowest BCUT2D eigenvalue weighted by Gasteiger charge is -2.25. The molecule has 5 fully saturated rings. The number of aliphatic hydroxyl groups excluding tert-OH is 1. The Morgan fingerprint density at radius 3 is 0.787 bits per heavy atom. The average molecular weight is 2120 g/mol. The summed E-state index contributed by atoms with van der Waals surface area (Å²) in [6.07, 6.45) is 29.7. The van der Waals surface area contributed by atoms with Crippen LogP contribution in [0.2, 0.25) is 0 Å². The van der Waals surface area contributed by atoms with Crippen molar-refractivity contribution >= 4 is 121 Å². The summed E-state index contributed by atoms with van der Waals surface area (Å²) in [5.74, 6) is -1.48. The number of nitrogens with one attached hydrogen (secondary N) is 10. The molecule has 150 heavy (non-hydrogen) atoms. The first-order valence-corrected chi connectivity index (χ1v) is 53.8. The standard InChI is InChI=1S/C25H32N2O4.C24H30N2O5.C24H30N2O4.C24H32N2O4.C22H26BrFN2O2/c1-3-30-24(28)19-12-10-18(11-13-19)17-26-23-16-20(25(29)31-4-2)14-15-22(23)27-21-8-6-5-7-9-21;1-3-30-23(27)18-11-14-21(26-19-7-5-4-6-8-19)22(15-18)25-16-17-9-12-20(13-10-17)31-24(28)29-2;1-3-30-24(28)19-13-14-21(26-20-7-5-4-6-8-20)22(15-19)25-16-17-9-11-18(12-10-17)23(27)29-2;1-3-30-24(28)19-9-10-22(26-20-7-5-4-6-8-20)23(14-19)25-15-17-11-18(16-27)13-21(12-17)29-2;1-2-28-22(27)16-8-9-20(26-19-6-4-3-5-7-19)21(12-16)25-14-15-10-17(23)13-18(24)11-15/h10-16,21,26-27H,3-9,17H2,1-2H3;9-15,19,25-26H,3-8,16H2,1-2H3;9-15,20,25-26H,3-8,16H2,1-2H3;9-14,20,25-27H,3-8,15-16H2,1-2H3;8-13,19,25-26H,2-7,14H2,1H3. The molecular weight excluding hydrogens is 1970 g/mol. The van der Waals surface area contributed by atoms with Gasteiger partial charge in [0.2, 0.25) is 0 Å². The number of aliphatic hydroxyl groups is 1. The molecule has 0 atom stereocenters. The van der Waals surface area contributed by atoms with E-state index >= 15 is 0 Å². The maximum atomic E-state index is 13.7. The van der Waals surface area contributed by atoms with Crippen LogP contribution < -0.4 is 62.6 Å². The Hall–Kier alpha value is -14.1. The van der Waals surface area contributed by atoms with Crippen LogP contribution in [0.25, 0.3) is 0 Å². The van der Waals surface area contributed by atoms with Crippen LogP contribution in [0.15, 0.2) is 205 Å². The van der Waals surface area contributed by atoms with Crippen LogP contribution in [-0.4, -0.2) is 144 Å². The molecule has 0 bridgehead atoms. The van der Waals surface area contributed by atoms with Crippen LogP contribution >= 0.6 is 15.9 Å². The van der Waals surface area contributed by atoms with Crippen molar-refractivity contribution in [3.63, 3.8) is 0 Å². The number of methoxy groups -OCH3 is 3. The fourth-order valence-corrected chi connectivity index (χ4v) is 19.0. The van der Waals surface area contributed by atoms with Gasteiger partial charge in [-0.05, 0) is 297 Å². The van der Waals surface area contributed by atoms with Crippen LogP contribution in [0.5, 0.6) is 11.5 Å². The molecule has 0 amide bonds. The number of anilines is 10. The molecule has 0 unspecified atom stereocenters. The topological polar surface area (TPSA) is 369 Å². The highest BCUT2D eigenvalue weighted by atomic mass is 79.9. The quantitative estimate of drug-likeness (QED) is 0.00963. The lowest BCUT2D eigenvalue weighted by atomic mass is 9.95. The maximum absolute atomic E-state index is 13.7. The largest absolute Gasteiger partial charge is 0.513 e. The zero-order valence-electron chi connectivity index (χ0n) is 88.2. The summed E-state index contributed by atoms with van der Waals surface area (Å²) in [5.41, 5.74) is 18.4. The van der Waals surface area contributed by atoms with Crippen molar-refractivity contribution in [2.75, 3.05) is 114 Å². The third-order valence-electron chi connectivity index (χ3n) is 26.4. The SMILES string of the molecule is CCOC(=O)c1ccc(CNc2cc(C(=O)OCC)ccc2NC2CCCCC2)cc1.CCOC(=O)c1ccc(NC2CCCCC2)c(NCc2cc(CO)cc(OC)c2)c1.CCOC(=O)c1ccc(NC2CCCCC2)c(NCc2cc(F)cc(Br)c2)c1.CCOC(=O)c1ccc(NC2CCCCC2)c(NCc2ccc(C(=O)OC)cc2)c1.CCOC(=O)c1ccc(NC2CCCCC2)c(NCc2ccc(OC(=O)OC)cc2)c1. The van der Waals surface area contributed by atoms with Gasteiger partial charge in [-0.2, -0.15) is 0 Å². The Morgan fingerprint density at radius 1 is 0.273 bits per heavy atom. The van der Waals surface area contributed by atoms with Gasteiger partial charge in [0, 0.05) is 67.4 Å². The lowest BCUT2D eigenvalue weighted by molar-refractivity contribution is 0.0516. The minimum atomic E-state index is -0.750. The number of halogens is 2. The van der Waals surface area contributed by atoms with E-state index in [4.69, 9.17) is 42.6 Å². The highest BCUT2D eigenvalue weighted by Gasteiger charge is 2.26. The fourth-order valence-electron chi connectivity index (χ4n) is 18.5. The highest BCUT2D eigenvalue weighted by molar-refractivity contribution is 9.10. The molecule has 0 aromatic heterocycles. The first-order valence-electron chi connectivity index (χ1n) is 53.1. The molecule has 804 valence electrons. The summed E-state index contributed by atoms with van der Waals surface area (Å²) < 4.78 is 64.7. The molecule has 5 saturated carbocycles. The number of esters is 7. The summed E-state index contributed by atoms with van der Waals surface area (Å²) in [7, 11) is 4.25. The molecular formula is C119H150BrFN10O19. The highest BCUT2D eigenvalue weighted by Crippen LogP contribution is 2.37. The van der Waals surface area contributed by atoms with Crippen molar-refractivity contribution in [3.8, 4) is 11.5 Å². The monoisotopic (exact) mass is 2120 g/mol. The molecule has 5 aliphatic rings. The van der Waals surface area contributed by atoms with E-state index in [-0.39, 0.29) is 54.2 Å². The second-order valence-corrected chi connectivity index (χ2v) is 38.4. The van der Waals surface area contributed by atoms with Gasteiger partial charge in [-0.15, -0.1) is 0 Å². The molecule has 0 aliphatic heterocycles. The number of hydrogen-bond acceptors (Lipinski definition) is 29. The Kier molecular flexibility index (Phi) is 48.8. The van der Waals surface area contributed by atoms with Gasteiger partial charge in [-0.1, -0.05) is 155 Å². The first kappa shape index (κ1) is 116. The minimum Gasteiger partial charge on any atom is -0.497 e. The third-order valence-corrected chi connectivity index (χ3v) is 26.8. The number of carbonyl (C=O) groups is 8. The van der Waals surface area contributed by atoms with E-state index in [0.29, 0.717) is 157 Å². The predicted octanol–water partition coefficient (Wildman–Crippen LogP) is 26.6. The second-order valence-electron chi connectivity index (χ2n) is 37.5. The molecule has 5 aliphatic carbocycles. The lowest BCUT2D eigenvalue weighted by Crippen LogP contribution is -2.23. The van der Waals surface area contributed by atoms with E-state index < -0.39 is 6.16 Å². The van der Waals surface area contributed by atoms with Gasteiger partial charge in [-0.3, -0.25) is 0 Å². The normalized spacial score (nSPS) is 14.1. The third kappa shape index (κ3) is 38.5. The molecule has 10 aromatic carbocycles. The van der Waals surface area contributed by atoms with Crippen LogP contribution in [0.3, 0.4) is 0 Å². The summed E-state index contributed by atoms with van der Waals surface area (Å²) in [6, 6.07) is 62.4. The van der Waals surface area contributed by atoms with E-state index in [0.717, 1.165) is 154 Å². The Balaban J connectivity index is 0.000000178. The number of benzene rings is 10. The van der Waals surface area contributed by atoms with E-state index in [1.165, 1.54) is 123 Å². The Morgan fingerprint density at radius 2 is 0.527 bits per heavy atom. The van der Waals surface area contributed by atoms with Gasteiger partial charge in [-0.25, -0.2) is 42.7 Å². The van der Waals surface area contributed by atoms with Crippen LogP contribution in [0.1, 0.15) is 308 Å². The van der Waals surface area contributed by atoms with Crippen LogP contribution in [0.4, 0.5) is 66.1 Å². The van der Waals surface area contributed by atoms with Gasteiger partial charge < -0.3 is 106 Å². The molecule has 0 radical (unpaired) electrons. The molecule has 10 aromatic rings. The summed E-state index contributed by atoms with van der Waals surface area (Å²) in [5, 5.41) is 44.8. The number of hydrogen-bond donors (Lipinski definition) is 11. The number of ether oxygens (including phenoxy) is 10. The molecule has 31 heteroatoms. The maximum Gasteiger partial charge on any atom is 0.513 e. The Bertz CT molecular complexity index is 5900. The zero-order chi connectivity index (χ0) is 107. The average Bonchev–Trinajstić information content (AvgIpc) is 0.837. The second kappa shape index (κ2) is 63.0. The van der Waals surface area contributed by atoms with Gasteiger partial charge in [0.15, 0.2) is 0 Å².